The number of ether oxygens (including phenoxy) is 2. The zero-order valence-corrected chi connectivity index (χ0v) is 9.00. The molecule has 0 aromatic carbocycles. The molecule has 0 saturated carbocycles. The van der Waals surface area contributed by atoms with Gasteiger partial charge in [0.25, 0.3) is 0 Å². The fraction of sp³-hybridized carbons (Fsp3) is 1.00. The van der Waals surface area contributed by atoms with Crippen molar-refractivity contribution in [3.8, 4) is 0 Å². The lowest BCUT2D eigenvalue weighted by Gasteiger charge is -2.35. The summed E-state index contributed by atoms with van der Waals surface area (Å²) < 4.78 is 11.3. The summed E-state index contributed by atoms with van der Waals surface area (Å²) in [6.07, 6.45) is 2.92. The third-order valence-corrected chi connectivity index (χ3v) is 3.48. The van der Waals surface area contributed by atoms with Crippen LogP contribution < -0.4 is 5.32 Å². The van der Waals surface area contributed by atoms with Crippen LogP contribution >= 0.6 is 0 Å². The quantitative estimate of drug-likeness (QED) is 0.720. The van der Waals surface area contributed by atoms with Crippen LogP contribution in [0.3, 0.4) is 0 Å². The SMILES string of the molecule is CC(C1CCCOC1)C1CNCCO1. The van der Waals surface area contributed by atoms with Crippen molar-refractivity contribution in [1.29, 1.82) is 0 Å². The van der Waals surface area contributed by atoms with Gasteiger partial charge in [0.15, 0.2) is 0 Å². The number of morpholine rings is 1. The smallest absolute Gasteiger partial charge is 0.0729 e. The van der Waals surface area contributed by atoms with Crippen LogP contribution in [0.25, 0.3) is 0 Å². The minimum atomic E-state index is 0.399. The molecule has 2 heterocycles. The molecule has 2 rings (SSSR count). The summed E-state index contributed by atoms with van der Waals surface area (Å²) in [5, 5.41) is 3.39. The predicted octanol–water partition coefficient (Wildman–Crippen LogP) is 1.04. The summed E-state index contributed by atoms with van der Waals surface area (Å²) in [6.45, 7) is 7.07. The fourth-order valence-corrected chi connectivity index (χ4v) is 2.41. The third kappa shape index (κ3) is 2.47. The topological polar surface area (TPSA) is 30.5 Å². The summed E-state index contributed by atoms with van der Waals surface area (Å²) in [4.78, 5) is 0. The standard InChI is InChI=1S/C11H21NO2/c1-9(10-3-2-5-13-8-10)11-7-12-4-6-14-11/h9-12H,2-8H2,1H3. The van der Waals surface area contributed by atoms with E-state index >= 15 is 0 Å². The predicted molar refractivity (Wildman–Crippen MR) is 55.3 cm³/mol. The molecule has 3 heteroatoms. The van der Waals surface area contributed by atoms with Gasteiger partial charge in [-0.15, -0.1) is 0 Å². The van der Waals surface area contributed by atoms with Gasteiger partial charge in [-0.2, -0.15) is 0 Å². The second kappa shape index (κ2) is 5.10. The van der Waals surface area contributed by atoms with Gasteiger partial charge in [0.1, 0.15) is 0 Å². The van der Waals surface area contributed by atoms with Crippen molar-refractivity contribution in [1.82, 2.24) is 5.32 Å². The fourth-order valence-electron chi connectivity index (χ4n) is 2.41. The monoisotopic (exact) mass is 199 g/mol. The molecule has 0 radical (unpaired) electrons. The van der Waals surface area contributed by atoms with Crippen LogP contribution in [-0.4, -0.2) is 39.0 Å². The van der Waals surface area contributed by atoms with Crippen LogP contribution in [0, 0.1) is 11.8 Å². The molecule has 1 N–H and O–H groups in total. The molecular weight excluding hydrogens is 178 g/mol. The first kappa shape index (κ1) is 10.4. The molecular formula is C11H21NO2. The van der Waals surface area contributed by atoms with Crippen molar-refractivity contribution in [2.75, 3.05) is 32.9 Å². The van der Waals surface area contributed by atoms with Crippen LogP contribution in [-0.2, 0) is 9.47 Å². The van der Waals surface area contributed by atoms with Gasteiger partial charge in [-0.3, -0.25) is 0 Å². The Morgan fingerprint density at radius 3 is 2.93 bits per heavy atom. The molecule has 0 aliphatic carbocycles. The van der Waals surface area contributed by atoms with Crippen molar-refractivity contribution < 1.29 is 9.47 Å². The van der Waals surface area contributed by atoms with Crippen molar-refractivity contribution in [2.45, 2.75) is 25.9 Å². The molecule has 0 aromatic heterocycles. The van der Waals surface area contributed by atoms with E-state index in [-0.39, 0.29) is 0 Å². The highest BCUT2D eigenvalue weighted by Crippen LogP contribution is 2.26. The van der Waals surface area contributed by atoms with Crippen molar-refractivity contribution in [3.63, 3.8) is 0 Å². The van der Waals surface area contributed by atoms with Gasteiger partial charge in [-0.25, -0.2) is 0 Å². The minimum Gasteiger partial charge on any atom is -0.381 e. The number of hydrogen-bond acceptors (Lipinski definition) is 3. The summed E-state index contributed by atoms with van der Waals surface area (Å²) in [5.41, 5.74) is 0. The second-order valence-corrected chi connectivity index (χ2v) is 4.45. The number of rotatable bonds is 2. The highest BCUT2D eigenvalue weighted by molar-refractivity contribution is 4.79. The molecule has 3 nitrogen and oxygen atoms in total. The van der Waals surface area contributed by atoms with Crippen molar-refractivity contribution in [3.05, 3.63) is 0 Å². The van der Waals surface area contributed by atoms with E-state index in [2.05, 4.69) is 12.2 Å². The molecule has 14 heavy (non-hydrogen) atoms. The van der Waals surface area contributed by atoms with Crippen LogP contribution in [0.2, 0.25) is 0 Å². The highest BCUT2D eigenvalue weighted by atomic mass is 16.5. The van der Waals surface area contributed by atoms with Gasteiger partial charge in [0.2, 0.25) is 0 Å². The largest absolute Gasteiger partial charge is 0.381 e. The van der Waals surface area contributed by atoms with Crippen LogP contribution in [0.4, 0.5) is 0 Å². The zero-order chi connectivity index (χ0) is 9.80. The van der Waals surface area contributed by atoms with E-state index in [4.69, 9.17) is 9.47 Å². The van der Waals surface area contributed by atoms with E-state index in [1.807, 2.05) is 0 Å². The lowest BCUT2D eigenvalue weighted by atomic mass is 9.85. The summed E-state index contributed by atoms with van der Waals surface area (Å²) >= 11 is 0. The Labute approximate surface area is 86.2 Å². The van der Waals surface area contributed by atoms with Crippen molar-refractivity contribution in [2.24, 2.45) is 11.8 Å². The number of hydrogen-bond donors (Lipinski definition) is 1. The molecule has 0 amide bonds. The molecule has 3 atom stereocenters. The van der Waals surface area contributed by atoms with Gasteiger partial charge >= 0.3 is 0 Å². The molecule has 2 aliphatic rings. The Morgan fingerprint density at radius 1 is 1.36 bits per heavy atom. The average molecular weight is 199 g/mol. The van der Waals surface area contributed by atoms with Gasteiger partial charge < -0.3 is 14.8 Å². The summed E-state index contributed by atoms with van der Waals surface area (Å²) in [7, 11) is 0. The Kier molecular flexibility index (Phi) is 3.79. The van der Waals surface area contributed by atoms with Gasteiger partial charge in [-0.05, 0) is 24.7 Å². The second-order valence-electron chi connectivity index (χ2n) is 4.45. The highest BCUT2D eigenvalue weighted by Gasteiger charge is 2.29. The normalized spacial score (nSPS) is 36.6. The van der Waals surface area contributed by atoms with Crippen LogP contribution in [0.1, 0.15) is 19.8 Å². The summed E-state index contributed by atoms with van der Waals surface area (Å²) in [5.74, 6) is 1.33. The van der Waals surface area contributed by atoms with E-state index in [0.29, 0.717) is 17.9 Å². The lowest BCUT2D eigenvalue weighted by Crippen LogP contribution is -2.45. The molecule has 2 aliphatic heterocycles. The molecule has 82 valence electrons. The molecule has 2 fully saturated rings. The Morgan fingerprint density at radius 2 is 2.29 bits per heavy atom. The summed E-state index contributed by atoms with van der Waals surface area (Å²) in [6, 6.07) is 0. The van der Waals surface area contributed by atoms with E-state index in [9.17, 15) is 0 Å². The lowest BCUT2D eigenvalue weighted by molar-refractivity contribution is -0.0502. The maximum atomic E-state index is 5.77. The van der Waals surface area contributed by atoms with E-state index < -0.39 is 0 Å². The first-order chi connectivity index (χ1) is 6.88. The van der Waals surface area contributed by atoms with Gasteiger partial charge in [0, 0.05) is 26.3 Å². The Balaban J connectivity index is 1.82. The van der Waals surface area contributed by atoms with Gasteiger partial charge in [-0.1, -0.05) is 6.92 Å². The molecule has 0 spiro atoms. The van der Waals surface area contributed by atoms with E-state index in [1.54, 1.807) is 0 Å². The minimum absolute atomic E-state index is 0.399. The number of nitrogens with one attached hydrogen (secondary N) is 1. The Bertz CT molecular complexity index is 145. The van der Waals surface area contributed by atoms with Crippen molar-refractivity contribution >= 4 is 0 Å². The zero-order valence-electron chi connectivity index (χ0n) is 9.00. The first-order valence-electron chi connectivity index (χ1n) is 5.78. The maximum Gasteiger partial charge on any atom is 0.0729 e. The Hall–Kier alpha value is -0.120. The average Bonchev–Trinajstić information content (AvgIpc) is 2.30. The van der Waals surface area contributed by atoms with Crippen LogP contribution in [0.5, 0.6) is 0 Å². The maximum absolute atomic E-state index is 5.77. The van der Waals surface area contributed by atoms with E-state index in [0.717, 1.165) is 32.9 Å². The molecule has 3 unspecified atom stereocenters. The van der Waals surface area contributed by atoms with E-state index in [1.165, 1.54) is 12.8 Å². The molecule has 0 bridgehead atoms. The molecule has 0 aromatic rings. The molecule has 2 saturated heterocycles. The first-order valence-corrected chi connectivity index (χ1v) is 5.78. The van der Waals surface area contributed by atoms with Crippen LogP contribution in [0.15, 0.2) is 0 Å². The third-order valence-electron chi connectivity index (χ3n) is 3.48. The van der Waals surface area contributed by atoms with Gasteiger partial charge in [0.05, 0.1) is 12.7 Å².